The highest BCUT2D eigenvalue weighted by molar-refractivity contribution is 7.45. The summed E-state index contributed by atoms with van der Waals surface area (Å²) in [6.45, 7) is 6.88. The molecular weight excluding hydrogens is 1110 g/mol. The van der Waals surface area contributed by atoms with Crippen molar-refractivity contribution in [1.29, 1.82) is 0 Å². The molecule has 0 radical (unpaired) electrons. The molecule has 10 heteroatoms. The molecule has 0 rings (SSSR count). The van der Waals surface area contributed by atoms with Crippen LogP contribution in [0.25, 0.3) is 0 Å². The third kappa shape index (κ3) is 68.3. The Kier molecular flexibility index (Phi) is 66.3. The third-order valence-corrected chi connectivity index (χ3v) is 18.5. The number of amides is 1. The Morgan fingerprint density at radius 2 is 0.693 bits per heavy atom. The quantitative estimate of drug-likeness (QED) is 0.0212. The molecule has 3 atom stereocenters. The number of carbonyl (C=O) groups excluding carboxylic acids is 2. The van der Waals surface area contributed by atoms with E-state index in [1.54, 1.807) is 0 Å². The first kappa shape index (κ1) is 86.0. The number of unbranched alkanes of at least 4 members (excludes halogenated alkanes) is 49. The van der Waals surface area contributed by atoms with E-state index in [1.165, 1.54) is 276 Å². The summed E-state index contributed by atoms with van der Waals surface area (Å²) in [5, 5.41) is 3.05. The monoisotopic (exact) mass is 1260 g/mol. The maximum absolute atomic E-state index is 13.6. The highest BCUT2D eigenvalue weighted by Crippen LogP contribution is 2.38. The van der Waals surface area contributed by atoms with Crippen molar-refractivity contribution in [2.24, 2.45) is 0 Å². The van der Waals surface area contributed by atoms with Gasteiger partial charge in [0.05, 0.1) is 33.8 Å². The molecule has 0 fully saturated rings. The molecule has 0 aromatic carbocycles. The van der Waals surface area contributed by atoms with Crippen LogP contribution in [0.5, 0.6) is 0 Å². The van der Waals surface area contributed by atoms with E-state index in [4.69, 9.17) is 13.8 Å². The Bertz CT molecular complexity index is 1640. The minimum atomic E-state index is -4.71. The van der Waals surface area contributed by atoms with Crippen LogP contribution < -0.4 is 10.2 Å². The molecule has 0 aliphatic rings. The number of rotatable bonds is 71. The topological polar surface area (TPSA) is 114 Å². The fourth-order valence-corrected chi connectivity index (χ4v) is 12.3. The molecule has 0 spiro atoms. The van der Waals surface area contributed by atoms with Gasteiger partial charge in [-0.25, -0.2) is 0 Å². The second-order valence-corrected chi connectivity index (χ2v) is 28.9. The number of quaternary nitrogens is 1. The number of likely N-dealkylation sites (N-methyl/N-ethyl adjacent to an activating group) is 1. The van der Waals surface area contributed by atoms with Crippen LogP contribution in [0.2, 0.25) is 0 Å². The third-order valence-electron chi connectivity index (χ3n) is 17.5. The lowest BCUT2D eigenvalue weighted by Crippen LogP contribution is -2.47. The number of carbonyl (C=O) groups is 2. The van der Waals surface area contributed by atoms with E-state index in [-0.39, 0.29) is 31.5 Å². The smallest absolute Gasteiger partial charge is 0.306 e. The molecule has 0 aliphatic heterocycles. The number of nitrogens with zero attached hydrogens (tertiary/aromatic N) is 1. The van der Waals surface area contributed by atoms with Crippen molar-refractivity contribution in [3.05, 3.63) is 48.6 Å². The summed E-state index contributed by atoms with van der Waals surface area (Å²) >= 11 is 0. The van der Waals surface area contributed by atoms with Gasteiger partial charge in [0.15, 0.2) is 0 Å². The largest absolute Gasteiger partial charge is 0.756 e. The zero-order chi connectivity index (χ0) is 64.2. The highest BCUT2D eigenvalue weighted by Gasteiger charge is 2.27. The molecule has 0 heterocycles. The molecule has 0 saturated heterocycles. The van der Waals surface area contributed by atoms with Gasteiger partial charge in [0.2, 0.25) is 5.91 Å². The Hall–Kier alpha value is -2.03. The normalized spacial score (nSPS) is 13.7. The molecule has 0 saturated carbocycles. The summed E-state index contributed by atoms with van der Waals surface area (Å²) in [5.74, 6) is -0.526. The first-order valence-electron chi connectivity index (χ1n) is 38.4. The number of phosphoric acid groups is 1. The van der Waals surface area contributed by atoms with E-state index < -0.39 is 20.0 Å². The Balaban J connectivity index is 4.94. The molecule has 1 N–H and O–H groups in total. The summed E-state index contributed by atoms with van der Waals surface area (Å²) in [4.78, 5) is 40.3. The number of nitrogens with one attached hydrogen (secondary N) is 1. The predicted molar refractivity (Wildman–Crippen MR) is 381 cm³/mol. The average molecular weight is 1260 g/mol. The van der Waals surface area contributed by atoms with Gasteiger partial charge in [-0.15, -0.1) is 0 Å². The van der Waals surface area contributed by atoms with Crippen LogP contribution in [0.15, 0.2) is 48.6 Å². The summed E-state index contributed by atoms with van der Waals surface area (Å²) in [5.41, 5.74) is 0. The number of hydrogen-bond donors (Lipinski definition) is 1. The van der Waals surface area contributed by atoms with Crippen molar-refractivity contribution in [3.8, 4) is 0 Å². The maximum atomic E-state index is 13.6. The van der Waals surface area contributed by atoms with Crippen LogP contribution in [0, 0.1) is 0 Å². The van der Waals surface area contributed by atoms with Gasteiger partial charge >= 0.3 is 5.97 Å². The van der Waals surface area contributed by atoms with Crippen molar-refractivity contribution in [2.75, 3.05) is 40.9 Å². The van der Waals surface area contributed by atoms with Crippen molar-refractivity contribution in [2.45, 2.75) is 399 Å². The molecule has 9 nitrogen and oxygen atoms in total. The molecule has 0 aromatic heterocycles. The zero-order valence-corrected chi connectivity index (χ0v) is 60.3. The van der Waals surface area contributed by atoms with Gasteiger partial charge in [-0.3, -0.25) is 14.2 Å². The predicted octanol–water partition coefficient (Wildman–Crippen LogP) is 24.1. The molecule has 0 aliphatic carbocycles. The molecule has 0 aromatic rings. The van der Waals surface area contributed by atoms with Crippen molar-refractivity contribution < 1.29 is 37.3 Å². The SMILES string of the molecule is CCCCC/C=C\C/C=C\C/C=C\CCCCCCCCCCCCC(=O)NC(COP(=O)([O-])OCC[N+](C)(C)C)C(/C=C/CCCCCCCCCCCC)OC(=O)CCCCCCCCCCCCCCCCCCCCCCCCCCCCC. The lowest BCUT2D eigenvalue weighted by Gasteiger charge is -2.30. The second kappa shape index (κ2) is 67.8. The Labute approximate surface area is 548 Å². The summed E-state index contributed by atoms with van der Waals surface area (Å²) in [6, 6.07) is -0.890. The molecule has 1 amide bonds. The first-order chi connectivity index (χ1) is 42.9. The van der Waals surface area contributed by atoms with E-state index in [0.29, 0.717) is 17.4 Å². The van der Waals surface area contributed by atoms with E-state index in [2.05, 4.69) is 62.5 Å². The Morgan fingerprint density at radius 3 is 1.06 bits per heavy atom. The first-order valence-corrected chi connectivity index (χ1v) is 39.9. The number of esters is 1. The van der Waals surface area contributed by atoms with Crippen molar-refractivity contribution >= 4 is 19.7 Å². The zero-order valence-electron chi connectivity index (χ0n) is 59.5. The fraction of sp³-hybridized carbons (Fsp3) is 0.872. The number of phosphoric ester groups is 1. The highest BCUT2D eigenvalue weighted by atomic mass is 31.2. The molecule has 518 valence electrons. The van der Waals surface area contributed by atoms with Crippen LogP contribution in [-0.2, 0) is 27.9 Å². The molecule has 3 unspecified atom stereocenters. The summed E-state index contributed by atoms with van der Waals surface area (Å²) < 4.78 is 30.5. The van der Waals surface area contributed by atoms with Gasteiger partial charge in [-0.2, -0.15) is 0 Å². The summed E-state index contributed by atoms with van der Waals surface area (Å²) in [6.07, 6.45) is 86.8. The lowest BCUT2D eigenvalue weighted by atomic mass is 10.0. The van der Waals surface area contributed by atoms with Gasteiger partial charge in [0.1, 0.15) is 19.3 Å². The Morgan fingerprint density at radius 1 is 0.398 bits per heavy atom. The minimum absolute atomic E-state index is 0.0214. The lowest BCUT2D eigenvalue weighted by molar-refractivity contribution is -0.870. The number of ether oxygens (including phenoxy) is 1. The van der Waals surface area contributed by atoms with E-state index in [1.807, 2.05) is 33.3 Å². The van der Waals surface area contributed by atoms with Crippen LogP contribution in [0.3, 0.4) is 0 Å². The van der Waals surface area contributed by atoms with E-state index >= 15 is 0 Å². The molecule has 0 bridgehead atoms. The van der Waals surface area contributed by atoms with Crippen LogP contribution >= 0.6 is 7.82 Å². The average Bonchev–Trinajstić information content (AvgIpc) is 3.53. The maximum Gasteiger partial charge on any atom is 0.306 e. The van der Waals surface area contributed by atoms with Gasteiger partial charge in [-0.1, -0.05) is 352 Å². The number of allylic oxidation sites excluding steroid dienone is 7. The van der Waals surface area contributed by atoms with Crippen molar-refractivity contribution in [1.82, 2.24) is 5.32 Å². The van der Waals surface area contributed by atoms with Crippen LogP contribution in [0.1, 0.15) is 387 Å². The van der Waals surface area contributed by atoms with Crippen LogP contribution in [0.4, 0.5) is 0 Å². The van der Waals surface area contributed by atoms with Gasteiger partial charge in [-0.05, 0) is 70.3 Å². The van der Waals surface area contributed by atoms with E-state index in [0.717, 1.165) is 77.0 Å². The van der Waals surface area contributed by atoms with Gasteiger partial charge < -0.3 is 28.5 Å². The number of hydrogen-bond acceptors (Lipinski definition) is 7. The second-order valence-electron chi connectivity index (χ2n) is 27.5. The van der Waals surface area contributed by atoms with Gasteiger partial charge in [0.25, 0.3) is 7.82 Å². The van der Waals surface area contributed by atoms with Crippen LogP contribution in [-0.4, -0.2) is 69.4 Å². The standard InChI is InChI=1S/C78H149N2O7P/c1-7-10-13-16-19-22-25-28-30-32-34-36-38-39-40-41-43-45-47-49-51-53-56-59-62-65-68-71-78(82)87-76(69-66-63-60-57-54-27-24-21-18-15-12-9-3)75(74-86-88(83,84)85-73-72-80(4,5)6)79-77(81)70-67-64-61-58-55-52-50-48-46-44-42-37-35-33-31-29-26-23-20-17-14-11-8-2/h20,23,29,31,35,37,66,69,75-76H,7-19,21-22,24-28,30,32-34,36,38-65,67-68,70-74H2,1-6H3,(H-,79,81,83,84)/b23-20-,31-29-,37-35-,69-66+. The van der Waals surface area contributed by atoms with Gasteiger partial charge in [0, 0.05) is 12.8 Å². The minimum Gasteiger partial charge on any atom is -0.756 e. The molecular formula is C78H149N2O7P. The van der Waals surface area contributed by atoms with Crippen molar-refractivity contribution in [3.63, 3.8) is 0 Å². The summed E-state index contributed by atoms with van der Waals surface area (Å²) in [7, 11) is 1.20. The van der Waals surface area contributed by atoms with E-state index in [9.17, 15) is 19.0 Å². The molecule has 88 heavy (non-hydrogen) atoms. The fourth-order valence-electron chi connectivity index (χ4n) is 11.6.